The molecule has 0 aliphatic carbocycles. The van der Waals surface area contributed by atoms with E-state index in [4.69, 9.17) is 0 Å². The Morgan fingerprint density at radius 1 is 0.957 bits per heavy atom. The van der Waals surface area contributed by atoms with E-state index in [9.17, 15) is 14.7 Å². The highest BCUT2D eigenvalue weighted by molar-refractivity contribution is 5.69. The van der Waals surface area contributed by atoms with Crippen molar-refractivity contribution >= 4 is 11.9 Å². The van der Waals surface area contributed by atoms with E-state index in [-0.39, 0.29) is 23.1 Å². The van der Waals surface area contributed by atoms with Crippen molar-refractivity contribution in [2.45, 2.75) is 50.9 Å². The minimum atomic E-state index is -0.215. The number of carbonyl (C=O) groups excluding carboxylic acids is 2. The number of rotatable bonds is 9. The van der Waals surface area contributed by atoms with Crippen molar-refractivity contribution in [3.63, 3.8) is 0 Å². The molecule has 1 aromatic rings. The summed E-state index contributed by atoms with van der Waals surface area (Å²) in [6.07, 6.45) is 3.77. The van der Waals surface area contributed by atoms with E-state index in [0.717, 1.165) is 18.4 Å². The number of methoxy groups -OCH3 is 2. The highest BCUT2D eigenvalue weighted by Crippen LogP contribution is 2.35. The number of hydrogen-bond acceptors (Lipinski definition) is 5. The van der Waals surface area contributed by atoms with Gasteiger partial charge in [-0.15, -0.1) is 0 Å². The van der Waals surface area contributed by atoms with Crippen LogP contribution in [0.1, 0.15) is 51.0 Å². The highest BCUT2D eigenvalue weighted by Gasteiger charge is 2.26. The molecule has 0 bridgehead atoms. The molecule has 0 amide bonds. The summed E-state index contributed by atoms with van der Waals surface area (Å²) in [5, 5.41) is 9.46. The molecule has 23 heavy (non-hydrogen) atoms. The number of ether oxygens (including phenoxy) is 2. The summed E-state index contributed by atoms with van der Waals surface area (Å²) in [5.74, 6) is -0.208. The minimum absolute atomic E-state index is 0.171. The average molecular weight is 322 g/mol. The van der Waals surface area contributed by atoms with Crippen LogP contribution in [-0.2, 0) is 24.5 Å². The number of phenolic OH excluding ortho intramolecular Hbond substituents is 1. The van der Waals surface area contributed by atoms with Gasteiger partial charge in [-0.25, -0.2) is 0 Å². The van der Waals surface area contributed by atoms with Gasteiger partial charge >= 0.3 is 11.9 Å². The Balaban J connectivity index is 2.75. The maximum absolute atomic E-state index is 11.3. The van der Waals surface area contributed by atoms with E-state index < -0.39 is 0 Å². The lowest BCUT2D eigenvalue weighted by Gasteiger charge is -2.30. The van der Waals surface area contributed by atoms with Crippen LogP contribution in [0.3, 0.4) is 0 Å². The molecule has 1 aromatic carbocycles. The Labute approximate surface area is 137 Å². The Bertz CT molecular complexity index is 485. The van der Waals surface area contributed by atoms with Crippen LogP contribution in [0.4, 0.5) is 0 Å². The van der Waals surface area contributed by atoms with Gasteiger partial charge in [0.1, 0.15) is 5.75 Å². The highest BCUT2D eigenvalue weighted by atomic mass is 16.5. The number of esters is 2. The van der Waals surface area contributed by atoms with Crippen molar-refractivity contribution in [2.24, 2.45) is 0 Å². The molecule has 128 valence electrons. The second-order valence-corrected chi connectivity index (χ2v) is 5.97. The molecule has 0 spiro atoms. The third kappa shape index (κ3) is 6.30. The third-order valence-electron chi connectivity index (χ3n) is 4.24. The summed E-state index contributed by atoms with van der Waals surface area (Å²) in [4.78, 5) is 22.6. The molecule has 0 aliphatic rings. The summed E-state index contributed by atoms with van der Waals surface area (Å²) >= 11 is 0. The molecule has 1 N–H and O–H groups in total. The first-order valence-corrected chi connectivity index (χ1v) is 7.84. The zero-order chi connectivity index (χ0) is 17.3. The SMILES string of the molecule is COC(=O)CCCC(C)(CCCC(=O)OC)c1ccc(O)cc1. The van der Waals surface area contributed by atoms with E-state index in [1.807, 2.05) is 12.1 Å². The molecule has 0 atom stereocenters. The van der Waals surface area contributed by atoms with Gasteiger partial charge < -0.3 is 14.6 Å². The molecule has 0 fully saturated rings. The summed E-state index contributed by atoms with van der Waals surface area (Å²) in [7, 11) is 2.77. The molecule has 1 rings (SSSR count). The van der Waals surface area contributed by atoms with Gasteiger partial charge in [-0.1, -0.05) is 19.1 Å². The number of phenols is 1. The standard InChI is InChI=1S/C18H26O5/c1-18(12-4-6-16(20)22-2,13-5-7-17(21)23-3)14-8-10-15(19)11-9-14/h8-11,19H,4-7,12-13H2,1-3H3. The van der Waals surface area contributed by atoms with Gasteiger partial charge in [0.05, 0.1) is 14.2 Å². The van der Waals surface area contributed by atoms with Crippen molar-refractivity contribution < 1.29 is 24.2 Å². The summed E-state index contributed by atoms with van der Waals surface area (Å²) in [5.41, 5.74) is 0.917. The number of carbonyl (C=O) groups is 2. The van der Waals surface area contributed by atoms with Crippen LogP contribution in [0, 0.1) is 0 Å². The monoisotopic (exact) mass is 322 g/mol. The molecule has 0 heterocycles. The molecule has 0 unspecified atom stereocenters. The van der Waals surface area contributed by atoms with Crippen molar-refractivity contribution in [3.8, 4) is 5.75 Å². The zero-order valence-corrected chi connectivity index (χ0v) is 14.1. The van der Waals surface area contributed by atoms with Crippen LogP contribution < -0.4 is 0 Å². The largest absolute Gasteiger partial charge is 0.508 e. The quantitative estimate of drug-likeness (QED) is 0.706. The summed E-state index contributed by atoms with van der Waals surface area (Å²) < 4.78 is 9.36. The van der Waals surface area contributed by atoms with Gasteiger partial charge in [0.15, 0.2) is 0 Å². The van der Waals surface area contributed by atoms with Gasteiger partial charge in [-0.2, -0.15) is 0 Å². The molecule has 0 saturated carbocycles. The van der Waals surface area contributed by atoms with Crippen LogP contribution in [-0.4, -0.2) is 31.3 Å². The van der Waals surface area contributed by atoms with Gasteiger partial charge in [0, 0.05) is 12.8 Å². The van der Waals surface area contributed by atoms with Crippen molar-refractivity contribution in [2.75, 3.05) is 14.2 Å². The second kappa shape index (κ2) is 9.18. The zero-order valence-electron chi connectivity index (χ0n) is 14.1. The van der Waals surface area contributed by atoms with Gasteiger partial charge in [0.25, 0.3) is 0 Å². The molecule has 5 heteroatoms. The van der Waals surface area contributed by atoms with Crippen molar-refractivity contribution in [1.82, 2.24) is 0 Å². The van der Waals surface area contributed by atoms with Crippen molar-refractivity contribution in [1.29, 1.82) is 0 Å². The first-order valence-electron chi connectivity index (χ1n) is 7.84. The summed E-state index contributed by atoms with van der Waals surface area (Å²) in [6.45, 7) is 2.12. The molecule has 0 radical (unpaired) electrons. The maximum Gasteiger partial charge on any atom is 0.305 e. The Morgan fingerprint density at radius 3 is 1.78 bits per heavy atom. The number of hydrogen-bond donors (Lipinski definition) is 1. The van der Waals surface area contributed by atoms with Crippen LogP contribution >= 0.6 is 0 Å². The Kier molecular flexibility index (Phi) is 7.59. The van der Waals surface area contributed by atoms with Crippen LogP contribution in [0.2, 0.25) is 0 Å². The third-order valence-corrected chi connectivity index (χ3v) is 4.24. The van der Waals surface area contributed by atoms with E-state index in [0.29, 0.717) is 25.7 Å². The predicted molar refractivity (Wildman–Crippen MR) is 87.2 cm³/mol. The molecular weight excluding hydrogens is 296 g/mol. The predicted octanol–water partition coefficient (Wildman–Crippen LogP) is 3.34. The van der Waals surface area contributed by atoms with E-state index in [2.05, 4.69) is 16.4 Å². The molecule has 0 saturated heterocycles. The van der Waals surface area contributed by atoms with Gasteiger partial charge in [0.2, 0.25) is 0 Å². The number of aromatic hydroxyl groups is 1. The van der Waals surface area contributed by atoms with Crippen molar-refractivity contribution in [3.05, 3.63) is 29.8 Å². The van der Waals surface area contributed by atoms with E-state index in [1.165, 1.54) is 14.2 Å². The molecule has 0 aliphatic heterocycles. The molecular formula is C18H26O5. The van der Waals surface area contributed by atoms with Crippen LogP contribution in [0.5, 0.6) is 5.75 Å². The first kappa shape index (κ1) is 19.0. The van der Waals surface area contributed by atoms with E-state index in [1.54, 1.807) is 12.1 Å². The molecule has 5 nitrogen and oxygen atoms in total. The lowest BCUT2D eigenvalue weighted by atomic mass is 9.74. The maximum atomic E-state index is 11.3. The lowest BCUT2D eigenvalue weighted by molar-refractivity contribution is -0.141. The fourth-order valence-corrected chi connectivity index (χ4v) is 2.73. The van der Waals surface area contributed by atoms with Gasteiger partial charge in [-0.05, 0) is 48.8 Å². The minimum Gasteiger partial charge on any atom is -0.508 e. The Morgan fingerprint density at radius 2 is 1.39 bits per heavy atom. The summed E-state index contributed by atoms with van der Waals surface area (Å²) in [6, 6.07) is 7.11. The normalized spacial score (nSPS) is 11.1. The average Bonchev–Trinajstić information content (AvgIpc) is 2.54. The van der Waals surface area contributed by atoms with Crippen LogP contribution in [0.15, 0.2) is 24.3 Å². The topological polar surface area (TPSA) is 72.8 Å². The van der Waals surface area contributed by atoms with Crippen LogP contribution in [0.25, 0.3) is 0 Å². The fraction of sp³-hybridized carbons (Fsp3) is 0.556. The lowest BCUT2D eigenvalue weighted by Crippen LogP contribution is -2.23. The molecule has 0 aromatic heterocycles. The number of benzene rings is 1. The van der Waals surface area contributed by atoms with Gasteiger partial charge in [-0.3, -0.25) is 9.59 Å². The smallest absolute Gasteiger partial charge is 0.305 e. The fourth-order valence-electron chi connectivity index (χ4n) is 2.73. The first-order chi connectivity index (χ1) is 10.9. The van der Waals surface area contributed by atoms with E-state index >= 15 is 0 Å². The second-order valence-electron chi connectivity index (χ2n) is 5.97. The Hall–Kier alpha value is -2.04.